The second kappa shape index (κ2) is 20.1. The molecule has 0 aromatic carbocycles. The molecule has 30 heteroatoms. The summed E-state index contributed by atoms with van der Waals surface area (Å²) in [5.41, 5.74) is 4.01. The van der Waals surface area contributed by atoms with Crippen molar-refractivity contribution >= 4 is 75.1 Å². The molecule has 0 spiro atoms. The Kier molecular flexibility index (Phi) is 17.0. The van der Waals surface area contributed by atoms with Crippen LogP contribution in [0.15, 0.2) is 12.7 Å². The molecule has 1 aliphatic rings. The number of fused-ring (bicyclic) bond motifs is 1. The summed E-state index contributed by atoms with van der Waals surface area (Å²) in [6.07, 6.45) is -7.85. The molecular weight excluding hydrogens is 839 g/mol. The van der Waals surface area contributed by atoms with Crippen molar-refractivity contribution in [3.8, 4) is 0 Å². The smallest absolute Gasteiger partial charge is 0.274 e. The third-order valence-electron chi connectivity index (χ3n) is 7.50. The van der Waals surface area contributed by atoms with E-state index >= 15 is 0 Å². The van der Waals surface area contributed by atoms with Crippen molar-refractivity contribution < 1.29 is 90.4 Å². The Morgan fingerprint density at radius 3 is 2.38 bits per heavy atom. The molecule has 3 heterocycles. The molecule has 0 radical (unpaired) electrons. The van der Waals surface area contributed by atoms with E-state index in [9.17, 15) is 67.8 Å². The number of carbonyl (C=O) groups is 4. The number of ether oxygens (including phenoxy) is 1. The van der Waals surface area contributed by atoms with E-state index in [2.05, 4.69) is 43.5 Å². The Bertz CT molecular complexity index is 1860. The van der Waals surface area contributed by atoms with Crippen LogP contribution in [0, 0.1) is 5.41 Å². The van der Waals surface area contributed by atoms with Gasteiger partial charge >= 0.3 is 0 Å². The zero-order chi connectivity index (χ0) is 42.1. The van der Waals surface area contributed by atoms with Gasteiger partial charge in [0, 0.05) is 43.1 Å². The van der Waals surface area contributed by atoms with E-state index in [0.717, 1.165) is 29.0 Å². The molecule has 1 fully saturated rings. The number of hydrogen-bond acceptors (Lipinski definition) is 24. The summed E-state index contributed by atoms with van der Waals surface area (Å²) in [7, 11) is -17.6. The third kappa shape index (κ3) is 14.8. The first-order valence-electron chi connectivity index (χ1n) is 16.1. The predicted octanol–water partition coefficient (Wildman–Crippen LogP) is -4.94. The highest BCUT2D eigenvalue weighted by Crippen LogP contribution is 2.56. The van der Waals surface area contributed by atoms with Gasteiger partial charge in [-0.2, -0.15) is 0 Å². The largest absolute Gasteiger partial charge is 0.790 e. The fourth-order valence-electron chi connectivity index (χ4n) is 4.72. The maximum Gasteiger partial charge on any atom is 0.274 e. The summed E-state index contributed by atoms with van der Waals surface area (Å²) >= 11 is 0.897. The molecule has 2 unspecified atom stereocenters. The number of imidazole rings is 1. The van der Waals surface area contributed by atoms with E-state index in [1.165, 1.54) is 13.8 Å². The Morgan fingerprint density at radius 2 is 1.71 bits per heavy atom. The van der Waals surface area contributed by atoms with E-state index in [-0.39, 0.29) is 66.6 Å². The number of rotatable bonds is 23. The molecular formula is C26H37N7O19P3S-5. The molecule has 0 saturated carbocycles. The van der Waals surface area contributed by atoms with Crippen LogP contribution in [0.4, 0.5) is 5.82 Å². The van der Waals surface area contributed by atoms with Crippen LogP contribution >= 0.6 is 35.2 Å². The van der Waals surface area contributed by atoms with E-state index in [1.807, 2.05) is 0 Å². The lowest BCUT2D eigenvalue weighted by atomic mass is 9.87. The Labute approximate surface area is 321 Å². The molecule has 1 aliphatic heterocycles. The van der Waals surface area contributed by atoms with Gasteiger partial charge in [0.1, 0.15) is 36.3 Å². The SMILES string of the molecule is CC(C)(COP(=O)([O-])OP(=O)([O-])OC[C@H]1O[C@@H](n2cnc3c(N)ncnc32)[C@H](O)[C@@H]1OP(=O)([O-])[O-])[C@@H](O)C(=O)NCCC(=O)NCCSC(=O)CCCC(=O)[O-]. The maximum atomic E-state index is 12.5. The first-order valence-corrected chi connectivity index (χ1v) is 21.5. The molecule has 0 bridgehead atoms. The molecule has 2 aromatic rings. The number of aliphatic hydroxyl groups is 2. The summed E-state index contributed by atoms with van der Waals surface area (Å²) in [6.45, 7) is -0.156. The van der Waals surface area contributed by atoms with Gasteiger partial charge in [-0.1, -0.05) is 25.6 Å². The molecule has 56 heavy (non-hydrogen) atoms. The van der Waals surface area contributed by atoms with Gasteiger partial charge < -0.3 is 78.9 Å². The highest BCUT2D eigenvalue weighted by molar-refractivity contribution is 8.13. The van der Waals surface area contributed by atoms with Gasteiger partial charge in [-0.25, -0.2) is 19.3 Å². The van der Waals surface area contributed by atoms with Crippen molar-refractivity contribution in [2.24, 2.45) is 5.41 Å². The lowest BCUT2D eigenvalue weighted by molar-refractivity contribution is -0.347. The second-order valence-corrected chi connectivity index (χ2v) is 17.6. The number of nitrogen functional groups attached to an aromatic ring is 1. The monoisotopic (exact) mass is 876 g/mol. The number of carbonyl (C=O) groups excluding carboxylic acids is 4. The number of nitrogens with zero attached hydrogens (tertiary/aromatic N) is 4. The first kappa shape index (κ1) is 47.4. The maximum absolute atomic E-state index is 12.5. The molecule has 2 amide bonds. The topological polar surface area (TPSA) is 415 Å². The van der Waals surface area contributed by atoms with Crippen molar-refractivity contribution in [1.29, 1.82) is 0 Å². The molecule has 316 valence electrons. The molecule has 1 saturated heterocycles. The van der Waals surface area contributed by atoms with Gasteiger partial charge in [0.2, 0.25) is 11.8 Å². The predicted molar refractivity (Wildman–Crippen MR) is 177 cm³/mol. The minimum absolute atomic E-state index is 0.0268. The van der Waals surface area contributed by atoms with Crippen LogP contribution in [0.3, 0.4) is 0 Å². The minimum Gasteiger partial charge on any atom is -0.790 e. The lowest BCUT2D eigenvalue weighted by Crippen LogP contribution is -2.46. The van der Waals surface area contributed by atoms with Gasteiger partial charge in [-0.3, -0.25) is 28.1 Å². The average Bonchev–Trinajstić information content (AvgIpc) is 3.64. The normalized spacial score (nSPS) is 21.6. The second-order valence-electron chi connectivity index (χ2n) is 12.4. The van der Waals surface area contributed by atoms with Crippen LogP contribution < -0.4 is 41.0 Å². The van der Waals surface area contributed by atoms with Crippen molar-refractivity contribution in [3.05, 3.63) is 12.7 Å². The van der Waals surface area contributed by atoms with Crippen molar-refractivity contribution in [3.63, 3.8) is 0 Å². The van der Waals surface area contributed by atoms with Gasteiger partial charge in [0.15, 0.2) is 22.8 Å². The van der Waals surface area contributed by atoms with Crippen LogP contribution in [-0.4, -0.2) is 109 Å². The van der Waals surface area contributed by atoms with Gasteiger partial charge in [-0.15, -0.1) is 0 Å². The molecule has 7 atom stereocenters. The minimum atomic E-state index is -5.93. The summed E-state index contributed by atoms with van der Waals surface area (Å²) in [5.74, 6) is -2.73. The molecule has 0 aliphatic carbocycles. The number of hydrogen-bond donors (Lipinski definition) is 5. The van der Waals surface area contributed by atoms with E-state index in [1.54, 1.807) is 0 Å². The standard InChI is InChI=1S/C26H42N7O19P3S/c1-26(2,21(39)24(40)29-7-6-15(34)28-8-9-56-17(37)5-3-4-16(35)36)11-49-55(46,47)52-54(44,45)48-10-14-20(51-53(41,42)43)19(38)25(50-14)33-13-32-18-22(27)30-12-31-23(18)33/h12-14,19-21,25,38-39H,3-11H2,1-2H3,(H,28,34)(H,29,40)(H,35,36)(H,44,45)(H,46,47)(H2,27,30,31)(H2,41,42,43)/p-5/t14-,19-,20-,21+,25-/m1/s1. The Hall–Kier alpha value is -2.97. The number of thioether (sulfide) groups is 1. The summed E-state index contributed by atoms with van der Waals surface area (Å²) in [5, 5.41) is 36.1. The van der Waals surface area contributed by atoms with Crippen LogP contribution in [0.5, 0.6) is 0 Å². The number of phosphoric ester groups is 3. The van der Waals surface area contributed by atoms with Gasteiger partial charge in [-0.05, 0) is 12.8 Å². The van der Waals surface area contributed by atoms with Crippen LogP contribution in [0.1, 0.15) is 45.8 Å². The van der Waals surface area contributed by atoms with Crippen LogP contribution in [0.2, 0.25) is 0 Å². The molecule has 3 rings (SSSR count). The fourth-order valence-corrected chi connectivity index (χ4v) is 8.18. The molecule has 2 aromatic heterocycles. The van der Waals surface area contributed by atoms with E-state index < -0.39 is 90.5 Å². The zero-order valence-corrected chi connectivity index (χ0v) is 32.9. The number of nitrogens with two attached hydrogens (primary N) is 1. The van der Waals surface area contributed by atoms with Crippen molar-refractivity contribution in [2.75, 3.05) is 37.8 Å². The number of carboxylic acid groups (broad SMARTS) is 1. The highest BCUT2D eigenvalue weighted by atomic mass is 32.2. The number of aromatic nitrogens is 4. The Morgan fingerprint density at radius 1 is 1.04 bits per heavy atom. The van der Waals surface area contributed by atoms with E-state index in [4.69, 9.17) is 10.5 Å². The number of carboxylic acids is 1. The third-order valence-corrected chi connectivity index (χ3v) is 11.4. The number of phosphoric acid groups is 3. The molecule has 6 N–H and O–H groups in total. The quantitative estimate of drug-likeness (QED) is 0.0516. The summed E-state index contributed by atoms with van der Waals surface area (Å²) < 4.78 is 60.3. The molecule has 26 nitrogen and oxygen atoms in total. The lowest BCUT2D eigenvalue weighted by Gasteiger charge is -2.36. The van der Waals surface area contributed by atoms with Crippen molar-refractivity contribution in [2.45, 2.75) is 70.2 Å². The first-order chi connectivity index (χ1) is 25.9. The fraction of sp³-hybridized carbons (Fsp3) is 0.654. The number of anilines is 1. The van der Waals surface area contributed by atoms with E-state index in [0.29, 0.717) is 0 Å². The van der Waals surface area contributed by atoms with Gasteiger partial charge in [0.05, 0.1) is 27.4 Å². The Balaban J connectivity index is 1.47. The zero-order valence-electron chi connectivity index (χ0n) is 29.4. The van der Waals surface area contributed by atoms with Crippen LogP contribution in [0.25, 0.3) is 11.2 Å². The number of aliphatic hydroxyl groups excluding tert-OH is 2. The van der Waals surface area contributed by atoms with Crippen molar-refractivity contribution in [1.82, 2.24) is 30.2 Å². The summed E-state index contributed by atoms with van der Waals surface area (Å²) in [4.78, 5) is 106. The summed E-state index contributed by atoms with van der Waals surface area (Å²) in [6, 6.07) is 0. The van der Waals surface area contributed by atoms with Crippen LogP contribution in [-0.2, 0) is 55.5 Å². The number of nitrogens with one attached hydrogen (secondary N) is 2. The van der Waals surface area contributed by atoms with Gasteiger partial charge in [0.25, 0.3) is 15.6 Å². The average molecular weight is 877 g/mol. The highest BCUT2D eigenvalue weighted by Gasteiger charge is 2.47. The number of aliphatic carboxylic acids is 1. The number of amides is 2.